The molecule has 0 aliphatic carbocycles. The van der Waals surface area contributed by atoms with Crippen LogP contribution < -0.4 is 0 Å². The van der Waals surface area contributed by atoms with Crippen molar-refractivity contribution in [3.05, 3.63) is 48.8 Å². The molecule has 6 nitrogen and oxygen atoms in total. The molecule has 0 bridgehead atoms. The van der Waals surface area contributed by atoms with Gasteiger partial charge in [0.15, 0.2) is 0 Å². The van der Waals surface area contributed by atoms with Gasteiger partial charge in [0, 0.05) is 18.0 Å². The number of hydrogen-bond donors (Lipinski definition) is 0. The topological polar surface area (TPSA) is 69.4 Å². The summed E-state index contributed by atoms with van der Waals surface area (Å²) < 4.78 is 12.7. The predicted molar refractivity (Wildman–Crippen MR) is 60.1 cm³/mol. The zero-order valence-electron chi connectivity index (χ0n) is 9.10. The molecular formula is C11H7FN6. The van der Waals surface area contributed by atoms with Crippen molar-refractivity contribution in [1.82, 2.24) is 30.2 Å². The van der Waals surface area contributed by atoms with Gasteiger partial charge in [-0.3, -0.25) is 4.98 Å². The monoisotopic (exact) mass is 242 g/mol. The Bertz CT molecular complexity index is 649. The maximum Gasteiger partial charge on any atom is 0.212 e. The van der Waals surface area contributed by atoms with Crippen molar-refractivity contribution in [3.63, 3.8) is 0 Å². The Kier molecular flexibility index (Phi) is 2.49. The molecule has 3 aromatic rings. The largest absolute Gasteiger partial charge is 0.264 e. The second-order valence-electron chi connectivity index (χ2n) is 3.48. The normalized spacial score (nSPS) is 10.5. The summed E-state index contributed by atoms with van der Waals surface area (Å²) in [6.07, 6.45) is 4.64. The van der Waals surface area contributed by atoms with Crippen molar-refractivity contribution >= 4 is 0 Å². The molecule has 0 saturated carbocycles. The highest BCUT2D eigenvalue weighted by molar-refractivity contribution is 5.51. The van der Waals surface area contributed by atoms with Crippen LogP contribution in [-0.2, 0) is 0 Å². The Hall–Kier alpha value is -2.70. The smallest absolute Gasteiger partial charge is 0.212 e. The van der Waals surface area contributed by atoms with Crippen molar-refractivity contribution in [3.8, 4) is 17.1 Å². The third-order valence-electron chi connectivity index (χ3n) is 2.28. The van der Waals surface area contributed by atoms with Gasteiger partial charge in [-0.2, -0.15) is 4.39 Å². The number of rotatable bonds is 2. The fourth-order valence-corrected chi connectivity index (χ4v) is 1.42. The van der Waals surface area contributed by atoms with E-state index in [1.165, 1.54) is 23.1 Å². The molecule has 3 aromatic heterocycles. The average molecular weight is 242 g/mol. The molecule has 3 rings (SSSR count). The van der Waals surface area contributed by atoms with Gasteiger partial charge in [0.05, 0.1) is 6.20 Å². The molecule has 0 unspecified atom stereocenters. The lowest BCUT2D eigenvalue weighted by atomic mass is 10.3. The Balaban J connectivity index is 1.97. The summed E-state index contributed by atoms with van der Waals surface area (Å²) in [4.78, 5) is 8.79. The number of halogens is 1. The summed E-state index contributed by atoms with van der Waals surface area (Å²) in [6, 6.07) is 6.38. The highest BCUT2D eigenvalue weighted by Crippen LogP contribution is 2.12. The van der Waals surface area contributed by atoms with Crippen LogP contribution >= 0.6 is 0 Å². The SMILES string of the molecule is Fc1ccc(-n2nnc(-c3cccnc3)n2)cn1. The van der Waals surface area contributed by atoms with E-state index in [0.29, 0.717) is 11.5 Å². The number of hydrogen-bond acceptors (Lipinski definition) is 5. The van der Waals surface area contributed by atoms with E-state index in [9.17, 15) is 4.39 Å². The van der Waals surface area contributed by atoms with Gasteiger partial charge in [0.2, 0.25) is 11.8 Å². The van der Waals surface area contributed by atoms with Crippen LogP contribution in [-0.4, -0.2) is 30.2 Å². The van der Waals surface area contributed by atoms with Crippen LogP contribution in [0.25, 0.3) is 17.1 Å². The first-order valence-corrected chi connectivity index (χ1v) is 5.15. The lowest BCUT2D eigenvalue weighted by Gasteiger charge is -1.96. The van der Waals surface area contributed by atoms with Crippen LogP contribution in [0.4, 0.5) is 4.39 Å². The average Bonchev–Trinajstić information content (AvgIpc) is 2.90. The van der Waals surface area contributed by atoms with E-state index < -0.39 is 5.95 Å². The van der Waals surface area contributed by atoms with Crippen LogP contribution in [0.2, 0.25) is 0 Å². The molecule has 0 fully saturated rings. The zero-order chi connectivity index (χ0) is 12.4. The molecule has 3 heterocycles. The van der Waals surface area contributed by atoms with Crippen LogP contribution in [0.5, 0.6) is 0 Å². The highest BCUT2D eigenvalue weighted by Gasteiger charge is 2.07. The molecule has 88 valence electrons. The molecule has 0 spiro atoms. The van der Waals surface area contributed by atoms with Gasteiger partial charge in [-0.25, -0.2) is 4.98 Å². The molecular weight excluding hydrogens is 235 g/mol. The van der Waals surface area contributed by atoms with Gasteiger partial charge < -0.3 is 0 Å². The van der Waals surface area contributed by atoms with Gasteiger partial charge in [-0.1, -0.05) is 0 Å². The first-order valence-electron chi connectivity index (χ1n) is 5.15. The van der Waals surface area contributed by atoms with Crippen molar-refractivity contribution in [1.29, 1.82) is 0 Å². The van der Waals surface area contributed by atoms with Gasteiger partial charge in [0.25, 0.3) is 0 Å². The Morgan fingerprint density at radius 2 is 2.06 bits per heavy atom. The molecule has 0 atom stereocenters. The quantitative estimate of drug-likeness (QED) is 0.633. The van der Waals surface area contributed by atoms with Gasteiger partial charge >= 0.3 is 0 Å². The number of aromatic nitrogens is 6. The first-order chi connectivity index (χ1) is 8.83. The summed E-state index contributed by atoms with van der Waals surface area (Å²) >= 11 is 0. The van der Waals surface area contributed by atoms with E-state index in [1.807, 2.05) is 6.07 Å². The van der Waals surface area contributed by atoms with Gasteiger partial charge in [-0.15, -0.1) is 15.0 Å². The minimum Gasteiger partial charge on any atom is -0.264 e. The predicted octanol–water partition coefficient (Wildman–Crippen LogP) is 1.26. The molecule has 0 saturated heterocycles. The van der Waals surface area contributed by atoms with E-state index in [2.05, 4.69) is 25.4 Å². The summed E-state index contributed by atoms with van der Waals surface area (Å²) in [6.45, 7) is 0. The Morgan fingerprint density at radius 1 is 1.11 bits per heavy atom. The minimum atomic E-state index is -0.550. The maximum atomic E-state index is 12.7. The number of pyridine rings is 2. The number of tetrazole rings is 1. The zero-order valence-corrected chi connectivity index (χ0v) is 9.10. The summed E-state index contributed by atoms with van der Waals surface area (Å²) in [7, 11) is 0. The molecule has 18 heavy (non-hydrogen) atoms. The number of nitrogens with zero attached hydrogens (tertiary/aromatic N) is 6. The third-order valence-corrected chi connectivity index (χ3v) is 2.28. The molecule has 7 heteroatoms. The second kappa shape index (κ2) is 4.28. The third kappa shape index (κ3) is 1.93. The Labute approximate surface area is 101 Å². The van der Waals surface area contributed by atoms with E-state index in [4.69, 9.17) is 0 Å². The van der Waals surface area contributed by atoms with Crippen LogP contribution in [0.1, 0.15) is 0 Å². The lowest BCUT2D eigenvalue weighted by Crippen LogP contribution is -2.00. The molecule has 0 aliphatic heterocycles. The molecule has 0 radical (unpaired) electrons. The van der Waals surface area contributed by atoms with E-state index >= 15 is 0 Å². The minimum absolute atomic E-state index is 0.451. The molecule has 0 N–H and O–H groups in total. The van der Waals surface area contributed by atoms with Crippen molar-refractivity contribution in [2.45, 2.75) is 0 Å². The summed E-state index contributed by atoms with van der Waals surface area (Å²) in [5.41, 5.74) is 1.30. The second-order valence-corrected chi connectivity index (χ2v) is 3.48. The standard InChI is InChI=1S/C11H7FN6/c12-10-4-3-9(7-14-10)18-16-11(15-17-18)8-2-1-5-13-6-8/h1-7H. The highest BCUT2D eigenvalue weighted by atomic mass is 19.1. The van der Waals surface area contributed by atoms with Crippen LogP contribution in [0.3, 0.4) is 0 Å². The first kappa shape index (κ1) is 10.5. The van der Waals surface area contributed by atoms with Crippen molar-refractivity contribution in [2.75, 3.05) is 0 Å². The summed E-state index contributed by atoms with van der Waals surface area (Å²) in [5.74, 6) is -0.0984. The van der Waals surface area contributed by atoms with E-state index in [0.717, 1.165) is 5.56 Å². The molecule has 0 amide bonds. The summed E-state index contributed by atoms with van der Waals surface area (Å²) in [5, 5.41) is 12.0. The Morgan fingerprint density at radius 3 is 2.78 bits per heavy atom. The fraction of sp³-hybridized carbons (Fsp3) is 0. The van der Waals surface area contributed by atoms with Crippen LogP contribution in [0, 0.1) is 5.95 Å². The fourth-order valence-electron chi connectivity index (χ4n) is 1.42. The van der Waals surface area contributed by atoms with Crippen molar-refractivity contribution < 1.29 is 4.39 Å². The molecule has 0 aliphatic rings. The van der Waals surface area contributed by atoms with Crippen molar-refractivity contribution in [2.24, 2.45) is 0 Å². The lowest BCUT2D eigenvalue weighted by molar-refractivity contribution is 0.580. The maximum absolute atomic E-state index is 12.7. The molecule has 0 aromatic carbocycles. The van der Waals surface area contributed by atoms with Gasteiger partial charge in [-0.05, 0) is 29.5 Å². The van der Waals surface area contributed by atoms with Crippen LogP contribution in [0.15, 0.2) is 42.9 Å². The van der Waals surface area contributed by atoms with E-state index in [1.54, 1.807) is 18.5 Å². The van der Waals surface area contributed by atoms with E-state index in [-0.39, 0.29) is 0 Å². The van der Waals surface area contributed by atoms with Gasteiger partial charge in [0.1, 0.15) is 5.69 Å².